The lowest BCUT2D eigenvalue weighted by Gasteiger charge is -2.49. The van der Waals surface area contributed by atoms with Crippen molar-refractivity contribution in [3.63, 3.8) is 0 Å². The predicted molar refractivity (Wildman–Crippen MR) is 105 cm³/mol. The fourth-order valence-corrected chi connectivity index (χ4v) is 4.12. The highest BCUT2D eigenvalue weighted by Gasteiger charge is 2.53. The third-order valence-corrected chi connectivity index (χ3v) is 5.99. The minimum absolute atomic E-state index is 0.211. The van der Waals surface area contributed by atoms with Crippen LogP contribution < -0.4 is 0 Å². The fourth-order valence-electron chi connectivity index (χ4n) is 4.12. The van der Waals surface area contributed by atoms with E-state index in [1.807, 2.05) is 20.8 Å². The van der Waals surface area contributed by atoms with E-state index in [1.54, 1.807) is 13.8 Å². The fraction of sp³-hybridized carbons (Fsp3) is 0.950. The van der Waals surface area contributed by atoms with Crippen LogP contribution in [0.25, 0.3) is 0 Å². The third kappa shape index (κ3) is 5.37. The molecule has 0 radical (unpaired) electrons. The number of carbonyl (C=O) groups is 1. The lowest BCUT2D eigenvalue weighted by Crippen LogP contribution is -2.65. The standard InChI is InChI=1S/C20H36O11/c1-19(2,3)16-13(26)14(9(22)8(6-21)30-16)29-7-20(4,5)17-12(25)10(23)11(24)15(31-17)18(27)28/h8-17,21-26H,6-7H2,1-5H3,(H,27,28). The molecule has 0 aromatic heterocycles. The van der Waals surface area contributed by atoms with Gasteiger partial charge in [0.15, 0.2) is 6.10 Å². The molecular weight excluding hydrogens is 416 g/mol. The van der Waals surface area contributed by atoms with E-state index in [-0.39, 0.29) is 6.61 Å². The van der Waals surface area contributed by atoms with E-state index in [4.69, 9.17) is 14.2 Å². The molecule has 0 saturated carbocycles. The summed E-state index contributed by atoms with van der Waals surface area (Å²) in [5.74, 6) is -1.49. The van der Waals surface area contributed by atoms with Gasteiger partial charge in [0.05, 0.1) is 25.4 Å². The van der Waals surface area contributed by atoms with Crippen molar-refractivity contribution in [3.05, 3.63) is 0 Å². The van der Waals surface area contributed by atoms with E-state index in [0.717, 1.165) is 0 Å². The number of aliphatic hydroxyl groups is 6. The van der Waals surface area contributed by atoms with Crippen LogP contribution >= 0.6 is 0 Å². The number of aliphatic carboxylic acids is 1. The number of rotatable bonds is 6. The van der Waals surface area contributed by atoms with Gasteiger partial charge >= 0.3 is 5.97 Å². The van der Waals surface area contributed by atoms with Gasteiger partial charge in [0, 0.05) is 5.41 Å². The molecule has 2 aliphatic heterocycles. The zero-order chi connectivity index (χ0) is 23.9. The van der Waals surface area contributed by atoms with Gasteiger partial charge in [0.2, 0.25) is 0 Å². The van der Waals surface area contributed by atoms with Gasteiger partial charge in [-0.3, -0.25) is 0 Å². The van der Waals surface area contributed by atoms with E-state index in [0.29, 0.717) is 0 Å². The van der Waals surface area contributed by atoms with Crippen molar-refractivity contribution in [2.45, 2.75) is 95.7 Å². The Balaban J connectivity index is 2.19. The summed E-state index contributed by atoms with van der Waals surface area (Å²) >= 11 is 0. The second-order valence-electron chi connectivity index (χ2n) is 10.2. The number of hydrogen-bond donors (Lipinski definition) is 7. The summed E-state index contributed by atoms with van der Waals surface area (Å²) < 4.78 is 16.9. The minimum Gasteiger partial charge on any atom is -0.479 e. The van der Waals surface area contributed by atoms with E-state index in [9.17, 15) is 40.5 Å². The molecule has 2 fully saturated rings. The van der Waals surface area contributed by atoms with Gasteiger partial charge in [0.1, 0.15) is 42.7 Å². The molecule has 2 saturated heterocycles. The van der Waals surface area contributed by atoms with E-state index < -0.39 is 84.4 Å². The van der Waals surface area contributed by atoms with E-state index in [2.05, 4.69) is 0 Å². The van der Waals surface area contributed by atoms with Crippen LogP contribution in [0.2, 0.25) is 0 Å². The first kappa shape index (κ1) is 26.4. The monoisotopic (exact) mass is 452 g/mol. The second-order valence-corrected chi connectivity index (χ2v) is 10.2. The molecule has 0 aromatic carbocycles. The smallest absolute Gasteiger partial charge is 0.335 e. The number of aliphatic hydroxyl groups excluding tert-OH is 6. The van der Waals surface area contributed by atoms with Crippen LogP contribution in [0.3, 0.4) is 0 Å². The van der Waals surface area contributed by atoms with Crippen LogP contribution in [0.1, 0.15) is 34.6 Å². The topological polar surface area (TPSA) is 186 Å². The molecule has 0 bridgehead atoms. The Morgan fingerprint density at radius 3 is 1.90 bits per heavy atom. The average Bonchev–Trinajstić information content (AvgIpc) is 2.64. The second kappa shape index (κ2) is 9.54. The van der Waals surface area contributed by atoms with Crippen LogP contribution in [-0.4, -0.2) is 116 Å². The molecule has 10 atom stereocenters. The third-order valence-electron chi connectivity index (χ3n) is 5.99. The van der Waals surface area contributed by atoms with Gasteiger partial charge < -0.3 is 50.0 Å². The molecule has 31 heavy (non-hydrogen) atoms. The highest BCUT2D eigenvalue weighted by Crippen LogP contribution is 2.37. The van der Waals surface area contributed by atoms with Crippen molar-refractivity contribution in [2.24, 2.45) is 10.8 Å². The number of hydrogen-bond acceptors (Lipinski definition) is 10. The normalized spacial score (nSPS) is 42.4. The molecule has 0 aromatic rings. The maximum atomic E-state index is 11.4. The molecule has 2 heterocycles. The molecule has 2 rings (SSSR count). The molecule has 0 amide bonds. The van der Waals surface area contributed by atoms with Crippen molar-refractivity contribution in [2.75, 3.05) is 13.2 Å². The maximum absolute atomic E-state index is 11.4. The Labute approximate surface area is 181 Å². The molecule has 11 heteroatoms. The molecular formula is C20H36O11. The van der Waals surface area contributed by atoms with Gasteiger partial charge in [-0.1, -0.05) is 34.6 Å². The molecule has 182 valence electrons. The molecule has 2 aliphatic rings. The summed E-state index contributed by atoms with van der Waals surface area (Å²) in [5.41, 5.74) is -1.63. The Kier molecular flexibility index (Phi) is 8.11. The van der Waals surface area contributed by atoms with Crippen LogP contribution in [0, 0.1) is 10.8 Å². The first-order valence-corrected chi connectivity index (χ1v) is 10.3. The van der Waals surface area contributed by atoms with Crippen molar-refractivity contribution in [1.82, 2.24) is 0 Å². The summed E-state index contributed by atoms with van der Waals surface area (Å²) in [6, 6.07) is 0. The Morgan fingerprint density at radius 1 is 0.839 bits per heavy atom. The Hall–Kier alpha value is -0.890. The van der Waals surface area contributed by atoms with Gasteiger partial charge in [0.25, 0.3) is 0 Å². The largest absolute Gasteiger partial charge is 0.479 e. The van der Waals surface area contributed by atoms with Crippen molar-refractivity contribution < 1.29 is 54.8 Å². The molecule has 0 spiro atoms. The van der Waals surface area contributed by atoms with Crippen molar-refractivity contribution >= 4 is 5.97 Å². The SMILES string of the molecule is CC(C)(C)C1OC(CO)C(O)C(OCC(C)(C)C2OC(C(=O)O)C(O)C(O)C2O)C1O. The highest BCUT2D eigenvalue weighted by molar-refractivity contribution is 5.73. The molecule has 10 unspecified atom stereocenters. The number of carboxylic acid groups (broad SMARTS) is 1. The Bertz CT molecular complexity index is 619. The first-order valence-electron chi connectivity index (χ1n) is 10.3. The quantitative estimate of drug-likeness (QED) is 0.233. The summed E-state index contributed by atoms with van der Waals surface area (Å²) in [7, 11) is 0. The average molecular weight is 452 g/mol. The molecule has 0 aliphatic carbocycles. The summed E-state index contributed by atoms with van der Waals surface area (Å²) in [6.07, 6.45) is -13.6. The van der Waals surface area contributed by atoms with Gasteiger partial charge in [-0.15, -0.1) is 0 Å². The van der Waals surface area contributed by atoms with E-state index >= 15 is 0 Å². The lowest BCUT2D eigenvalue weighted by molar-refractivity contribution is -0.278. The number of carboxylic acids is 1. The molecule has 11 nitrogen and oxygen atoms in total. The summed E-state index contributed by atoms with van der Waals surface area (Å²) in [4.78, 5) is 11.4. The number of ether oxygens (including phenoxy) is 3. The predicted octanol–water partition coefficient (Wildman–Crippen LogP) is -2.14. The maximum Gasteiger partial charge on any atom is 0.335 e. The molecule has 7 N–H and O–H groups in total. The zero-order valence-corrected chi connectivity index (χ0v) is 18.5. The van der Waals surface area contributed by atoms with Crippen LogP contribution in [-0.2, 0) is 19.0 Å². The first-order chi connectivity index (χ1) is 14.1. The lowest BCUT2D eigenvalue weighted by atomic mass is 9.78. The van der Waals surface area contributed by atoms with Crippen LogP contribution in [0.15, 0.2) is 0 Å². The van der Waals surface area contributed by atoms with Crippen molar-refractivity contribution in [3.8, 4) is 0 Å². The van der Waals surface area contributed by atoms with Gasteiger partial charge in [-0.2, -0.15) is 0 Å². The highest BCUT2D eigenvalue weighted by atomic mass is 16.6. The summed E-state index contributed by atoms with van der Waals surface area (Å²) in [5, 5.41) is 70.5. The zero-order valence-electron chi connectivity index (χ0n) is 18.5. The van der Waals surface area contributed by atoms with Crippen LogP contribution in [0.4, 0.5) is 0 Å². The van der Waals surface area contributed by atoms with Gasteiger partial charge in [-0.25, -0.2) is 4.79 Å². The van der Waals surface area contributed by atoms with Crippen LogP contribution in [0.5, 0.6) is 0 Å². The van der Waals surface area contributed by atoms with Crippen molar-refractivity contribution in [1.29, 1.82) is 0 Å². The summed E-state index contributed by atoms with van der Waals surface area (Å²) in [6.45, 7) is 7.98. The van der Waals surface area contributed by atoms with E-state index in [1.165, 1.54) is 0 Å². The minimum atomic E-state index is -1.81. The van der Waals surface area contributed by atoms with Gasteiger partial charge in [-0.05, 0) is 5.41 Å². The Morgan fingerprint density at radius 2 is 1.42 bits per heavy atom.